The van der Waals surface area contributed by atoms with Crippen LogP contribution < -0.4 is 0 Å². The molecule has 104 valence electrons. The van der Waals surface area contributed by atoms with E-state index in [9.17, 15) is 15.3 Å². The van der Waals surface area contributed by atoms with Gasteiger partial charge in [-0.05, 0) is 38.5 Å². The van der Waals surface area contributed by atoms with Crippen molar-refractivity contribution in [1.29, 1.82) is 0 Å². The lowest BCUT2D eigenvalue weighted by molar-refractivity contribution is -0.182. The number of hydrogen-bond acceptors (Lipinski definition) is 3. The Bertz CT molecular complexity index is 319. The van der Waals surface area contributed by atoms with Crippen LogP contribution in [-0.4, -0.2) is 32.6 Å². The van der Waals surface area contributed by atoms with Crippen LogP contribution in [-0.2, 0) is 0 Å². The average Bonchev–Trinajstić information content (AvgIpc) is 2.44. The van der Waals surface area contributed by atoms with Crippen molar-refractivity contribution in [1.82, 2.24) is 0 Å². The summed E-state index contributed by atoms with van der Waals surface area (Å²) in [6.07, 6.45) is 8.62. The fourth-order valence-corrected chi connectivity index (χ4v) is 5.00. The second-order valence-corrected chi connectivity index (χ2v) is 6.85. The zero-order chi connectivity index (χ0) is 12.8. The van der Waals surface area contributed by atoms with E-state index in [1.807, 2.05) is 0 Å². The van der Waals surface area contributed by atoms with E-state index in [1.165, 1.54) is 0 Å². The second-order valence-electron chi connectivity index (χ2n) is 6.85. The standard InChI is InChI=1S/C15H26O3/c16-12-7-10-14(17)8-3-2-6-13(14)15(18)9-4-1-5-11(12)15/h11-13,16-18H,1-10H2/t11-,12+,13+,14+,15-/m1/s1. The van der Waals surface area contributed by atoms with Crippen LogP contribution in [0.25, 0.3) is 0 Å². The lowest BCUT2D eigenvalue weighted by Crippen LogP contribution is -2.57. The molecule has 0 aromatic rings. The first-order valence-electron chi connectivity index (χ1n) is 7.69. The number of fused-ring (bicyclic) bond motifs is 3. The Balaban J connectivity index is 1.98. The van der Waals surface area contributed by atoms with Gasteiger partial charge in [0, 0.05) is 11.8 Å². The quantitative estimate of drug-likeness (QED) is 0.619. The van der Waals surface area contributed by atoms with Gasteiger partial charge in [0.15, 0.2) is 0 Å². The molecular formula is C15H26O3. The van der Waals surface area contributed by atoms with E-state index in [1.54, 1.807) is 0 Å². The largest absolute Gasteiger partial charge is 0.393 e. The summed E-state index contributed by atoms with van der Waals surface area (Å²) in [5.41, 5.74) is -1.54. The Kier molecular flexibility index (Phi) is 3.20. The lowest BCUT2D eigenvalue weighted by Gasteiger charge is -2.51. The predicted molar refractivity (Wildman–Crippen MR) is 69.1 cm³/mol. The molecule has 0 spiro atoms. The maximum absolute atomic E-state index is 11.2. The molecule has 3 rings (SSSR count). The molecule has 0 aliphatic heterocycles. The van der Waals surface area contributed by atoms with E-state index in [2.05, 4.69) is 0 Å². The SMILES string of the molecule is O[C@H]1CC[C@@]2(O)CCCC[C@@H]2[C@@]2(O)CCCC[C@H]12. The minimum absolute atomic E-state index is 0.0108. The van der Waals surface area contributed by atoms with Crippen LogP contribution in [0.2, 0.25) is 0 Å². The van der Waals surface area contributed by atoms with Gasteiger partial charge in [-0.2, -0.15) is 0 Å². The van der Waals surface area contributed by atoms with Gasteiger partial charge in [-0.25, -0.2) is 0 Å². The first-order valence-corrected chi connectivity index (χ1v) is 7.69. The van der Waals surface area contributed by atoms with Crippen molar-refractivity contribution in [2.45, 2.75) is 81.5 Å². The minimum atomic E-state index is -0.816. The summed E-state index contributed by atoms with van der Waals surface area (Å²) in [4.78, 5) is 0. The highest BCUT2D eigenvalue weighted by atomic mass is 16.3. The normalized spacial score (nSPS) is 53.2. The highest BCUT2D eigenvalue weighted by Gasteiger charge is 2.57. The zero-order valence-corrected chi connectivity index (χ0v) is 11.1. The third-order valence-electron chi connectivity index (χ3n) is 5.93. The first-order chi connectivity index (χ1) is 8.56. The van der Waals surface area contributed by atoms with Gasteiger partial charge < -0.3 is 15.3 Å². The summed E-state index contributed by atoms with van der Waals surface area (Å²) >= 11 is 0. The van der Waals surface area contributed by atoms with Gasteiger partial charge in [-0.1, -0.05) is 25.7 Å². The van der Waals surface area contributed by atoms with Crippen LogP contribution in [0.5, 0.6) is 0 Å². The Hall–Kier alpha value is -0.120. The molecule has 0 heterocycles. The molecule has 3 fully saturated rings. The molecule has 0 unspecified atom stereocenters. The van der Waals surface area contributed by atoms with Crippen molar-refractivity contribution >= 4 is 0 Å². The summed E-state index contributed by atoms with van der Waals surface area (Å²) in [5.74, 6) is -0.0235. The van der Waals surface area contributed by atoms with Crippen molar-refractivity contribution in [3.05, 3.63) is 0 Å². The van der Waals surface area contributed by atoms with Crippen LogP contribution in [0.15, 0.2) is 0 Å². The zero-order valence-electron chi connectivity index (χ0n) is 11.1. The third kappa shape index (κ3) is 1.83. The molecule has 0 saturated heterocycles. The molecule has 0 amide bonds. The highest BCUT2D eigenvalue weighted by molar-refractivity contribution is 5.08. The maximum atomic E-state index is 11.2. The van der Waals surface area contributed by atoms with E-state index in [-0.39, 0.29) is 11.8 Å². The molecular weight excluding hydrogens is 228 g/mol. The molecule has 3 N–H and O–H groups in total. The van der Waals surface area contributed by atoms with Gasteiger partial charge in [0.2, 0.25) is 0 Å². The van der Waals surface area contributed by atoms with Crippen LogP contribution in [0, 0.1) is 11.8 Å². The van der Waals surface area contributed by atoms with Crippen LogP contribution in [0.3, 0.4) is 0 Å². The molecule has 3 aliphatic rings. The summed E-state index contributed by atoms with van der Waals surface area (Å²) < 4.78 is 0. The van der Waals surface area contributed by atoms with Gasteiger partial charge in [0.25, 0.3) is 0 Å². The topological polar surface area (TPSA) is 60.7 Å². The summed E-state index contributed by atoms with van der Waals surface area (Å²) in [6, 6.07) is 0. The van der Waals surface area contributed by atoms with Gasteiger partial charge in [0.05, 0.1) is 17.3 Å². The van der Waals surface area contributed by atoms with Crippen molar-refractivity contribution in [2.24, 2.45) is 11.8 Å². The molecule has 3 heteroatoms. The fraction of sp³-hybridized carbons (Fsp3) is 1.00. The number of hydrogen-bond donors (Lipinski definition) is 3. The first kappa shape index (κ1) is 12.9. The van der Waals surface area contributed by atoms with Gasteiger partial charge in [-0.15, -0.1) is 0 Å². The van der Waals surface area contributed by atoms with Gasteiger partial charge in [0.1, 0.15) is 0 Å². The van der Waals surface area contributed by atoms with Crippen molar-refractivity contribution in [2.75, 3.05) is 0 Å². The molecule has 0 aromatic heterocycles. The van der Waals surface area contributed by atoms with E-state index >= 15 is 0 Å². The van der Waals surface area contributed by atoms with Crippen LogP contribution in [0.1, 0.15) is 64.2 Å². The fourth-order valence-electron chi connectivity index (χ4n) is 5.00. The molecule has 5 atom stereocenters. The third-order valence-corrected chi connectivity index (χ3v) is 5.93. The predicted octanol–water partition coefficient (Wildman–Crippen LogP) is 1.98. The minimum Gasteiger partial charge on any atom is -0.393 e. The lowest BCUT2D eigenvalue weighted by atomic mass is 9.60. The molecule has 0 bridgehead atoms. The second kappa shape index (κ2) is 4.46. The number of rotatable bonds is 0. The molecule has 3 nitrogen and oxygen atoms in total. The monoisotopic (exact) mass is 254 g/mol. The van der Waals surface area contributed by atoms with Crippen LogP contribution >= 0.6 is 0 Å². The molecule has 18 heavy (non-hydrogen) atoms. The number of aliphatic hydroxyl groups excluding tert-OH is 1. The molecule has 3 saturated carbocycles. The van der Waals surface area contributed by atoms with Gasteiger partial charge in [-0.3, -0.25) is 0 Å². The Morgan fingerprint density at radius 2 is 1.50 bits per heavy atom. The molecule has 3 aliphatic carbocycles. The highest BCUT2D eigenvalue weighted by Crippen LogP contribution is 2.53. The Morgan fingerprint density at radius 1 is 0.778 bits per heavy atom. The Labute approximate surface area is 109 Å². The maximum Gasteiger partial charge on any atom is 0.0755 e. The summed E-state index contributed by atoms with van der Waals surface area (Å²) in [5, 5.41) is 32.4. The van der Waals surface area contributed by atoms with E-state index in [4.69, 9.17) is 0 Å². The smallest absolute Gasteiger partial charge is 0.0755 e. The van der Waals surface area contributed by atoms with Gasteiger partial charge >= 0.3 is 0 Å². The van der Waals surface area contributed by atoms with Crippen molar-refractivity contribution < 1.29 is 15.3 Å². The Morgan fingerprint density at radius 3 is 2.33 bits per heavy atom. The van der Waals surface area contributed by atoms with Crippen molar-refractivity contribution in [3.8, 4) is 0 Å². The van der Waals surface area contributed by atoms with E-state index in [0.717, 1.165) is 51.4 Å². The van der Waals surface area contributed by atoms with E-state index < -0.39 is 17.3 Å². The molecule has 0 radical (unpaired) electrons. The molecule has 0 aromatic carbocycles. The van der Waals surface area contributed by atoms with E-state index in [0.29, 0.717) is 12.8 Å². The average molecular weight is 254 g/mol. The van der Waals surface area contributed by atoms with Crippen LogP contribution in [0.4, 0.5) is 0 Å². The number of aliphatic hydroxyl groups is 3. The summed E-state index contributed by atoms with van der Waals surface area (Å²) in [6.45, 7) is 0. The van der Waals surface area contributed by atoms with Crippen molar-refractivity contribution in [3.63, 3.8) is 0 Å². The summed E-state index contributed by atoms with van der Waals surface area (Å²) in [7, 11) is 0.